The van der Waals surface area contributed by atoms with Gasteiger partial charge in [-0.05, 0) is 44.0 Å². The van der Waals surface area contributed by atoms with Crippen LogP contribution in [0, 0.1) is 11.6 Å². The summed E-state index contributed by atoms with van der Waals surface area (Å²) in [6, 6.07) is 6.82. The molecule has 0 bridgehead atoms. The summed E-state index contributed by atoms with van der Waals surface area (Å²) in [5, 5.41) is 3.43. The van der Waals surface area contributed by atoms with Crippen molar-refractivity contribution in [2.45, 2.75) is 45.7 Å². The highest BCUT2D eigenvalue weighted by molar-refractivity contribution is 7.92. The van der Waals surface area contributed by atoms with E-state index in [9.17, 15) is 26.8 Å². The molecule has 0 unspecified atom stereocenters. The molecule has 1 atom stereocenters. The Kier molecular flexibility index (Phi) is 10.9. The second kappa shape index (κ2) is 13.2. The highest BCUT2D eigenvalue weighted by Gasteiger charge is 2.28. The minimum absolute atomic E-state index is 0.0307. The molecule has 1 N–H and O–H groups in total. The van der Waals surface area contributed by atoms with E-state index in [0.29, 0.717) is 28.6 Å². The van der Waals surface area contributed by atoms with Crippen LogP contribution in [0.5, 0.6) is 0 Å². The molecule has 0 fully saturated rings. The van der Waals surface area contributed by atoms with Gasteiger partial charge in [-0.15, -0.1) is 0 Å². The molecule has 0 heterocycles. The molecule has 0 aliphatic rings. The van der Waals surface area contributed by atoms with Crippen molar-refractivity contribution >= 4 is 50.7 Å². The second-order valence-electron chi connectivity index (χ2n) is 8.23. The van der Waals surface area contributed by atoms with Gasteiger partial charge in [0.05, 0.1) is 11.9 Å². The average molecular weight is 564 g/mol. The monoisotopic (exact) mass is 563 g/mol. The van der Waals surface area contributed by atoms with Crippen molar-refractivity contribution in [1.29, 1.82) is 0 Å². The highest BCUT2D eigenvalue weighted by Crippen LogP contribution is 2.27. The van der Waals surface area contributed by atoms with Crippen LogP contribution in [-0.2, 0) is 26.2 Å². The van der Waals surface area contributed by atoms with E-state index < -0.39 is 33.6 Å². The number of nitrogens with one attached hydrogen (secondary N) is 1. The van der Waals surface area contributed by atoms with E-state index in [1.54, 1.807) is 25.1 Å². The Morgan fingerprint density at radius 3 is 2.28 bits per heavy atom. The van der Waals surface area contributed by atoms with Crippen molar-refractivity contribution in [1.82, 2.24) is 10.2 Å². The zero-order chi connectivity index (χ0) is 27.0. The van der Waals surface area contributed by atoms with Gasteiger partial charge < -0.3 is 10.2 Å². The van der Waals surface area contributed by atoms with Gasteiger partial charge in [-0.25, -0.2) is 17.2 Å². The van der Waals surface area contributed by atoms with Crippen LogP contribution in [0.25, 0.3) is 0 Å². The minimum atomic E-state index is -3.85. The van der Waals surface area contributed by atoms with Crippen molar-refractivity contribution < 1.29 is 26.8 Å². The number of hydrogen-bond donors (Lipinski definition) is 1. The fourth-order valence-corrected chi connectivity index (χ4v) is 4.95. The van der Waals surface area contributed by atoms with Gasteiger partial charge in [-0.3, -0.25) is 13.9 Å². The molecule has 0 aliphatic carbocycles. The van der Waals surface area contributed by atoms with E-state index in [-0.39, 0.29) is 37.5 Å². The molecule has 0 radical (unpaired) electrons. The van der Waals surface area contributed by atoms with Crippen LogP contribution in [0.1, 0.15) is 38.7 Å². The highest BCUT2D eigenvalue weighted by atomic mass is 35.5. The molecule has 0 aromatic heterocycles. The van der Waals surface area contributed by atoms with Gasteiger partial charge in [-0.1, -0.05) is 36.2 Å². The minimum Gasteiger partial charge on any atom is -0.354 e. The van der Waals surface area contributed by atoms with Crippen LogP contribution >= 0.6 is 23.2 Å². The maximum atomic E-state index is 13.7. The van der Waals surface area contributed by atoms with Gasteiger partial charge in [0.1, 0.15) is 6.04 Å². The molecule has 36 heavy (non-hydrogen) atoms. The van der Waals surface area contributed by atoms with Gasteiger partial charge in [0.2, 0.25) is 21.8 Å². The number of carbonyl (C=O) groups is 2. The first kappa shape index (κ1) is 29.8. The van der Waals surface area contributed by atoms with Crippen LogP contribution in [0.4, 0.5) is 14.5 Å². The molecule has 2 aromatic rings. The average Bonchev–Trinajstić information content (AvgIpc) is 2.80. The number of hydrogen-bond acceptors (Lipinski definition) is 4. The van der Waals surface area contributed by atoms with E-state index in [1.807, 2.05) is 6.92 Å². The van der Waals surface area contributed by atoms with Crippen LogP contribution in [0.3, 0.4) is 0 Å². The Morgan fingerprint density at radius 1 is 1.08 bits per heavy atom. The van der Waals surface area contributed by atoms with E-state index in [4.69, 9.17) is 23.2 Å². The zero-order valence-electron chi connectivity index (χ0n) is 20.2. The lowest BCUT2D eigenvalue weighted by Crippen LogP contribution is -2.48. The molecule has 0 aliphatic heterocycles. The van der Waals surface area contributed by atoms with Crippen molar-refractivity contribution in [2.24, 2.45) is 0 Å². The number of rotatable bonds is 12. The summed E-state index contributed by atoms with van der Waals surface area (Å²) in [4.78, 5) is 27.2. The van der Waals surface area contributed by atoms with Gasteiger partial charge in [-0.2, -0.15) is 0 Å². The Bertz CT molecular complexity index is 1180. The number of carbonyl (C=O) groups excluding carboxylic acids is 2. The lowest BCUT2D eigenvalue weighted by Gasteiger charge is -2.30. The van der Waals surface area contributed by atoms with Crippen molar-refractivity contribution in [3.8, 4) is 0 Å². The maximum absolute atomic E-state index is 13.7. The maximum Gasteiger partial charge on any atom is 0.242 e. The van der Waals surface area contributed by atoms with Crippen molar-refractivity contribution in [2.75, 3.05) is 23.7 Å². The molecule has 2 amide bonds. The third kappa shape index (κ3) is 8.04. The number of halogens is 4. The number of sulfonamides is 1. The molecule has 2 rings (SSSR count). The Hall–Kier alpha value is -2.43. The molecule has 12 heteroatoms. The quantitative estimate of drug-likeness (QED) is 0.403. The lowest BCUT2D eigenvalue weighted by atomic mass is 10.1. The first-order valence-corrected chi connectivity index (χ1v) is 13.9. The molecule has 0 saturated heterocycles. The standard InChI is InChI=1S/C24H29Cl2F2N3O4S/c1-4-12-29-24(33)16(2)30(15-18-19(25)7-5-8-20(18)26)23(32)9-6-13-31(36(3,34)35)17-10-11-21(27)22(28)14-17/h5,7-8,10-11,14,16H,4,6,9,12-13,15H2,1-3H3,(H,29,33)/t16-/m0/s1. The summed E-state index contributed by atoms with van der Waals surface area (Å²) in [5.41, 5.74) is 0.416. The van der Waals surface area contributed by atoms with Crippen molar-refractivity contribution in [3.63, 3.8) is 0 Å². The number of anilines is 1. The molecule has 7 nitrogen and oxygen atoms in total. The third-order valence-corrected chi connectivity index (χ3v) is 7.35. The largest absolute Gasteiger partial charge is 0.354 e. The third-order valence-electron chi connectivity index (χ3n) is 5.45. The molecule has 198 valence electrons. The smallest absolute Gasteiger partial charge is 0.242 e. The Balaban J connectivity index is 2.22. The van der Waals surface area contributed by atoms with Gasteiger partial charge in [0, 0.05) is 47.7 Å². The lowest BCUT2D eigenvalue weighted by molar-refractivity contribution is -0.140. The summed E-state index contributed by atoms with van der Waals surface area (Å²) in [5.74, 6) is -3.07. The Morgan fingerprint density at radius 2 is 1.72 bits per heavy atom. The molecular weight excluding hydrogens is 535 g/mol. The first-order valence-electron chi connectivity index (χ1n) is 11.3. The normalized spacial score (nSPS) is 12.2. The molecular formula is C24H29Cl2F2N3O4S. The van der Waals surface area contributed by atoms with Gasteiger partial charge in [0.25, 0.3) is 0 Å². The van der Waals surface area contributed by atoms with Crippen molar-refractivity contribution in [3.05, 3.63) is 63.6 Å². The summed E-state index contributed by atoms with van der Waals surface area (Å²) < 4.78 is 52.5. The first-order chi connectivity index (χ1) is 16.9. The predicted molar refractivity (Wildman–Crippen MR) is 138 cm³/mol. The van der Waals surface area contributed by atoms with Crippen LogP contribution in [0.15, 0.2) is 36.4 Å². The van der Waals surface area contributed by atoms with Crippen LogP contribution in [0.2, 0.25) is 10.0 Å². The fraction of sp³-hybridized carbons (Fsp3) is 0.417. The second-order valence-corrected chi connectivity index (χ2v) is 10.9. The molecule has 0 spiro atoms. The van der Waals surface area contributed by atoms with E-state index in [0.717, 1.165) is 28.8 Å². The van der Waals surface area contributed by atoms with Gasteiger partial charge in [0.15, 0.2) is 11.6 Å². The van der Waals surface area contributed by atoms with Crippen LogP contribution < -0.4 is 9.62 Å². The zero-order valence-corrected chi connectivity index (χ0v) is 22.6. The summed E-state index contributed by atoms with van der Waals surface area (Å²) in [6.07, 6.45) is 1.58. The number of amides is 2. The van der Waals surface area contributed by atoms with E-state index >= 15 is 0 Å². The Labute approximate surface area is 220 Å². The summed E-state index contributed by atoms with van der Waals surface area (Å²) >= 11 is 12.6. The predicted octanol–water partition coefficient (Wildman–Crippen LogP) is 4.76. The SMILES string of the molecule is CCCNC(=O)[C@H](C)N(Cc1c(Cl)cccc1Cl)C(=O)CCCN(c1ccc(F)c(F)c1)S(C)(=O)=O. The van der Waals surface area contributed by atoms with Crippen LogP contribution in [-0.4, -0.2) is 50.5 Å². The van der Waals surface area contributed by atoms with E-state index in [1.165, 1.54) is 4.90 Å². The number of benzene rings is 2. The fourth-order valence-electron chi connectivity index (χ4n) is 3.48. The summed E-state index contributed by atoms with van der Waals surface area (Å²) in [6.45, 7) is 3.73. The van der Waals surface area contributed by atoms with Gasteiger partial charge >= 0.3 is 0 Å². The molecule has 2 aromatic carbocycles. The molecule has 0 saturated carbocycles. The van der Waals surface area contributed by atoms with E-state index in [2.05, 4.69) is 5.32 Å². The summed E-state index contributed by atoms with van der Waals surface area (Å²) in [7, 11) is -3.85. The number of nitrogens with zero attached hydrogens (tertiary/aromatic N) is 2. The topological polar surface area (TPSA) is 86.8 Å².